The summed E-state index contributed by atoms with van der Waals surface area (Å²) in [5.41, 5.74) is 3.48. The van der Waals surface area contributed by atoms with Crippen LogP contribution >= 0.6 is 24.8 Å². The van der Waals surface area contributed by atoms with E-state index >= 15 is 0 Å². The molecule has 0 bridgehead atoms. The van der Waals surface area contributed by atoms with Crippen molar-refractivity contribution < 1.29 is 70.1 Å². The second-order valence-electron chi connectivity index (χ2n) is 4.37. The number of oxime groups is 1. The smallest absolute Gasteiger partial charge is 0.860 e. The third kappa shape index (κ3) is 9.15. The molecule has 23 heavy (non-hydrogen) atoms. The van der Waals surface area contributed by atoms with Gasteiger partial charge in [0.05, 0.1) is 11.5 Å². The first-order valence-electron chi connectivity index (χ1n) is 5.94. The van der Waals surface area contributed by atoms with Crippen molar-refractivity contribution in [1.29, 1.82) is 0 Å². The van der Waals surface area contributed by atoms with Crippen molar-refractivity contribution in [2.45, 2.75) is 6.92 Å². The zero-order valence-corrected chi connectivity index (χ0v) is 18.2. The molecular weight excluding hydrogens is 385 g/mol. The van der Waals surface area contributed by atoms with Gasteiger partial charge >= 0.3 is 51.4 Å². The summed E-state index contributed by atoms with van der Waals surface area (Å²) in [5, 5.41) is 26.6. The molecule has 0 aliphatic heterocycles. The number of benzene rings is 1. The Bertz CT molecular complexity index is 703. The van der Waals surface area contributed by atoms with Gasteiger partial charge in [-0.15, -0.1) is 12.6 Å². The van der Waals surface area contributed by atoms with E-state index in [1.807, 2.05) is 6.92 Å². The van der Waals surface area contributed by atoms with Gasteiger partial charge in [0.1, 0.15) is 5.71 Å². The molecule has 120 valence electrons. The summed E-state index contributed by atoms with van der Waals surface area (Å²) < 4.78 is 23.8. The van der Waals surface area contributed by atoms with Gasteiger partial charge in [0.15, 0.2) is 14.2 Å². The first-order chi connectivity index (χ1) is 10.2. The molecule has 0 aliphatic rings. The average Bonchev–Trinajstić information content (AvgIpc) is 2.43. The van der Waals surface area contributed by atoms with Crippen molar-refractivity contribution >= 4 is 50.6 Å². The predicted octanol–water partition coefficient (Wildman–Crippen LogP) is -2.93. The molecule has 2 N–H and O–H groups in total. The molecule has 0 atom stereocenters. The summed E-state index contributed by atoms with van der Waals surface area (Å²) in [7, 11) is -3.84. The summed E-state index contributed by atoms with van der Waals surface area (Å²) in [5.74, 6) is -2.34. The van der Waals surface area contributed by atoms with Crippen molar-refractivity contribution in [2.75, 3.05) is 11.5 Å². The molecule has 0 heterocycles. The molecule has 0 radical (unpaired) electrons. The van der Waals surface area contributed by atoms with Gasteiger partial charge in [0.2, 0.25) is 0 Å². The third-order valence-electron chi connectivity index (χ3n) is 2.48. The van der Waals surface area contributed by atoms with Crippen LogP contribution in [-0.4, -0.2) is 41.1 Å². The number of hydrogen-bond donors (Lipinski definition) is 3. The molecule has 0 aromatic heterocycles. The summed E-state index contributed by atoms with van der Waals surface area (Å²) >= 11 is 8.21. The number of aryl methyl sites for hydroxylation is 1. The molecule has 0 saturated heterocycles. The third-order valence-corrected chi connectivity index (χ3v) is 4.07. The van der Waals surface area contributed by atoms with Crippen molar-refractivity contribution in [3.8, 4) is 0 Å². The molecule has 0 aliphatic carbocycles. The van der Waals surface area contributed by atoms with Gasteiger partial charge in [-0.1, -0.05) is 47.2 Å². The maximum absolute atomic E-state index is 11.9. The predicted molar refractivity (Wildman–Crippen MR) is 90.3 cm³/mol. The van der Waals surface area contributed by atoms with E-state index in [0.717, 1.165) is 5.56 Å². The minimum atomic E-state index is -3.84. The number of sulfone groups is 1. The quantitative estimate of drug-likeness (QED) is 0.0898. The van der Waals surface area contributed by atoms with Crippen LogP contribution in [0.25, 0.3) is 0 Å². The molecule has 1 aromatic carbocycles. The van der Waals surface area contributed by atoms with Crippen LogP contribution in [0.5, 0.6) is 0 Å². The molecular formula is C12H14KN3O4S3. The standard InChI is InChI=1S/C12H15N3O4S3.K/c1-8-2-4-9(5-3-8)10(15-17)6-22(18,19)7-11(16)13-14-12(20)21;/h2-5,17H,6-7H2,1H3,(H,13,16)(H2,14,20,21);/q;+1/p-1/b15-10-;. The first kappa shape index (κ1) is 23.0. The monoisotopic (exact) mass is 399 g/mol. The van der Waals surface area contributed by atoms with Crippen molar-refractivity contribution in [3.05, 3.63) is 35.4 Å². The van der Waals surface area contributed by atoms with Crippen LogP contribution in [0.15, 0.2) is 34.5 Å². The molecule has 0 spiro atoms. The Kier molecular flexibility index (Phi) is 10.8. The molecule has 7 nitrogen and oxygen atoms in total. The number of rotatable bonds is 6. The van der Waals surface area contributed by atoms with Crippen LogP contribution in [0.4, 0.5) is 0 Å². The Hall–Kier alpha value is -0.0136. The van der Waals surface area contributed by atoms with Crippen LogP contribution < -0.4 is 61.9 Å². The van der Waals surface area contributed by atoms with Crippen LogP contribution in [0.2, 0.25) is 0 Å². The minimum absolute atomic E-state index is 0. The summed E-state index contributed by atoms with van der Waals surface area (Å²) in [6.45, 7) is 1.87. The second-order valence-corrected chi connectivity index (χ2v) is 7.59. The van der Waals surface area contributed by atoms with E-state index in [4.69, 9.17) is 5.21 Å². The molecule has 1 rings (SSSR count). The summed E-state index contributed by atoms with van der Waals surface area (Å²) in [6, 6.07) is 6.77. The number of nitrogens with one attached hydrogen (secondary N) is 1. The summed E-state index contributed by atoms with van der Waals surface area (Å²) in [6.07, 6.45) is 0. The van der Waals surface area contributed by atoms with Crippen molar-refractivity contribution in [2.24, 2.45) is 10.3 Å². The zero-order chi connectivity index (χ0) is 16.8. The van der Waals surface area contributed by atoms with Crippen LogP contribution in [-0.2, 0) is 9.84 Å². The Morgan fingerprint density at radius 2 is 1.91 bits per heavy atom. The molecule has 0 saturated carbocycles. The van der Waals surface area contributed by atoms with E-state index in [2.05, 4.69) is 40.5 Å². The van der Waals surface area contributed by atoms with Crippen LogP contribution in [0.3, 0.4) is 0 Å². The van der Waals surface area contributed by atoms with Crippen molar-refractivity contribution in [3.63, 3.8) is 0 Å². The van der Waals surface area contributed by atoms with Gasteiger partial charge < -0.3 is 10.3 Å². The maximum atomic E-state index is 11.9. The van der Waals surface area contributed by atoms with E-state index in [1.54, 1.807) is 24.3 Å². The van der Waals surface area contributed by atoms with Gasteiger partial charge in [-0.05, 0) is 12.8 Å². The fourth-order valence-corrected chi connectivity index (χ4v) is 2.79. The molecule has 11 heteroatoms. The fraction of sp³-hybridized carbons (Fsp3) is 0.250. The Morgan fingerprint density at radius 1 is 1.35 bits per heavy atom. The first-order valence-corrected chi connectivity index (χ1v) is 8.62. The number of thiocarbonyl (C=S) groups is 1. The number of thiol groups is 1. The van der Waals surface area contributed by atoms with E-state index in [0.29, 0.717) is 5.56 Å². The Labute approximate surface area is 188 Å². The van der Waals surface area contributed by atoms with E-state index < -0.39 is 27.2 Å². The van der Waals surface area contributed by atoms with E-state index in [-0.39, 0.29) is 61.4 Å². The average molecular weight is 400 g/mol. The Morgan fingerprint density at radius 3 is 2.39 bits per heavy atom. The van der Waals surface area contributed by atoms with Gasteiger partial charge in [-0.25, -0.2) is 8.42 Å². The van der Waals surface area contributed by atoms with Crippen LogP contribution in [0, 0.1) is 6.92 Å². The Balaban J connectivity index is 0.00000484. The van der Waals surface area contributed by atoms with Gasteiger partial charge in [-0.2, -0.15) is 5.10 Å². The van der Waals surface area contributed by atoms with Gasteiger partial charge in [0.25, 0.3) is 0 Å². The van der Waals surface area contributed by atoms with Crippen molar-refractivity contribution in [1.82, 2.24) is 5.43 Å². The largest absolute Gasteiger partial charge is 1.00 e. The zero-order valence-electron chi connectivity index (χ0n) is 12.6. The SMILES string of the molecule is Cc1ccc(/C(CS(=O)(=O)C/C([O-])=N\NC(=S)S)=N\O)cc1.[K+]. The van der Waals surface area contributed by atoms with E-state index in [1.165, 1.54) is 0 Å². The number of hydrogen-bond acceptors (Lipinski definition) is 7. The topological polar surface area (TPSA) is 114 Å². The van der Waals surface area contributed by atoms with Gasteiger partial charge in [0, 0.05) is 5.56 Å². The second kappa shape index (κ2) is 10.8. The van der Waals surface area contributed by atoms with Crippen LogP contribution in [0.1, 0.15) is 11.1 Å². The molecule has 0 amide bonds. The summed E-state index contributed by atoms with van der Waals surface area (Å²) in [4.78, 5) is 0. The number of nitrogens with zero attached hydrogens (tertiary/aromatic N) is 2. The maximum Gasteiger partial charge on any atom is 1.00 e. The molecule has 0 fully saturated rings. The van der Waals surface area contributed by atoms with Gasteiger partial charge in [-0.3, -0.25) is 5.43 Å². The number of hydrazone groups is 1. The molecule has 1 aromatic rings. The molecule has 0 unspecified atom stereocenters. The normalized spacial score (nSPS) is 12.4. The van der Waals surface area contributed by atoms with E-state index in [9.17, 15) is 13.5 Å². The minimum Gasteiger partial charge on any atom is -0.860 e. The fourth-order valence-electron chi connectivity index (χ4n) is 1.51.